The summed E-state index contributed by atoms with van der Waals surface area (Å²) in [6.45, 7) is 6.94. The molecular formula is C15H18Cl2N4S. The Morgan fingerprint density at radius 2 is 2.14 bits per heavy atom. The monoisotopic (exact) mass is 356 g/mol. The van der Waals surface area contributed by atoms with Crippen molar-refractivity contribution in [2.24, 2.45) is 0 Å². The van der Waals surface area contributed by atoms with Crippen molar-refractivity contribution in [1.82, 2.24) is 15.1 Å². The minimum Gasteiger partial charge on any atom is -0.356 e. The SMILES string of the molecule is CCn1cc(C(C)NC(=S)Nc2ccc(Cl)cc2Cl)c(C)n1. The second-order valence-electron chi connectivity index (χ2n) is 4.97. The average molecular weight is 357 g/mol. The van der Waals surface area contributed by atoms with Crippen LogP contribution in [0.1, 0.15) is 31.1 Å². The summed E-state index contributed by atoms with van der Waals surface area (Å²) in [4.78, 5) is 0. The predicted molar refractivity (Wildman–Crippen MR) is 96.9 cm³/mol. The topological polar surface area (TPSA) is 41.9 Å². The molecule has 0 fully saturated rings. The lowest BCUT2D eigenvalue weighted by atomic mass is 10.1. The van der Waals surface area contributed by atoms with Crippen LogP contribution in [-0.4, -0.2) is 14.9 Å². The second kappa shape index (κ2) is 7.31. The zero-order valence-electron chi connectivity index (χ0n) is 12.7. The molecule has 4 nitrogen and oxygen atoms in total. The Bertz CT molecular complexity index is 684. The quantitative estimate of drug-likeness (QED) is 0.787. The number of anilines is 1. The van der Waals surface area contributed by atoms with Crippen molar-refractivity contribution < 1.29 is 0 Å². The van der Waals surface area contributed by atoms with E-state index in [1.807, 2.05) is 24.7 Å². The number of rotatable bonds is 4. The summed E-state index contributed by atoms with van der Waals surface area (Å²) in [7, 11) is 0. The van der Waals surface area contributed by atoms with Crippen LogP contribution >= 0.6 is 35.4 Å². The Morgan fingerprint density at radius 3 is 2.73 bits per heavy atom. The normalized spacial score (nSPS) is 12.0. The van der Waals surface area contributed by atoms with Gasteiger partial charge in [0.2, 0.25) is 0 Å². The standard InChI is InChI=1S/C15H18Cl2N4S/c1-4-21-8-12(10(3)20-21)9(2)18-15(22)19-14-6-5-11(16)7-13(14)17/h5-9H,4H2,1-3H3,(H2,18,19,22). The van der Waals surface area contributed by atoms with E-state index in [0.29, 0.717) is 15.2 Å². The van der Waals surface area contributed by atoms with Crippen LogP contribution in [0.25, 0.3) is 0 Å². The van der Waals surface area contributed by atoms with Crippen molar-refractivity contribution >= 4 is 46.2 Å². The first-order chi connectivity index (χ1) is 10.4. The maximum Gasteiger partial charge on any atom is 0.171 e. The number of thiocarbonyl (C=S) groups is 1. The van der Waals surface area contributed by atoms with Gasteiger partial charge in [0.1, 0.15) is 0 Å². The van der Waals surface area contributed by atoms with Gasteiger partial charge >= 0.3 is 0 Å². The predicted octanol–water partition coefficient (Wildman–Crippen LogP) is 4.57. The van der Waals surface area contributed by atoms with Gasteiger partial charge in [-0.1, -0.05) is 23.2 Å². The summed E-state index contributed by atoms with van der Waals surface area (Å²) in [5.41, 5.74) is 2.83. The van der Waals surface area contributed by atoms with E-state index >= 15 is 0 Å². The first-order valence-corrected chi connectivity index (χ1v) is 8.13. The first-order valence-electron chi connectivity index (χ1n) is 6.97. The van der Waals surface area contributed by atoms with Crippen molar-refractivity contribution in [3.63, 3.8) is 0 Å². The molecule has 2 N–H and O–H groups in total. The molecular weight excluding hydrogens is 339 g/mol. The van der Waals surface area contributed by atoms with Crippen LogP contribution in [0, 0.1) is 6.92 Å². The first kappa shape index (κ1) is 17.1. The number of benzene rings is 1. The maximum atomic E-state index is 6.13. The van der Waals surface area contributed by atoms with E-state index in [-0.39, 0.29) is 6.04 Å². The third-order valence-corrected chi connectivity index (χ3v) is 4.07. The van der Waals surface area contributed by atoms with Gasteiger partial charge < -0.3 is 10.6 Å². The number of nitrogens with zero attached hydrogens (tertiary/aromatic N) is 2. The van der Waals surface area contributed by atoms with Gasteiger partial charge in [0.25, 0.3) is 0 Å². The Kier molecular flexibility index (Phi) is 5.67. The molecule has 0 aliphatic heterocycles. The van der Waals surface area contributed by atoms with E-state index in [1.54, 1.807) is 18.2 Å². The molecule has 22 heavy (non-hydrogen) atoms. The molecule has 118 valence electrons. The van der Waals surface area contributed by atoms with Gasteiger partial charge in [-0.05, 0) is 51.2 Å². The van der Waals surface area contributed by atoms with Crippen molar-refractivity contribution in [2.75, 3.05) is 5.32 Å². The number of hydrogen-bond acceptors (Lipinski definition) is 2. The highest BCUT2D eigenvalue weighted by Gasteiger charge is 2.13. The molecule has 1 unspecified atom stereocenters. The maximum absolute atomic E-state index is 6.13. The molecule has 1 aromatic heterocycles. The zero-order chi connectivity index (χ0) is 16.3. The van der Waals surface area contributed by atoms with Crippen LogP contribution in [0.15, 0.2) is 24.4 Å². The number of hydrogen-bond donors (Lipinski definition) is 2. The molecule has 1 atom stereocenters. The summed E-state index contributed by atoms with van der Waals surface area (Å²) >= 11 is 17.4. The molecule has 1 aromatic carbocycles. The summed E-state index contributed by atoms with van der Waals surface area (Å²) < 4.78 is 1.91. The van der Waals surface area contributed by atoms with Crippen LogP contribution in [0.3, 0.4) is 0 Å². The van der Waals surface area contributed by atoms with Gasteiger partial charge in [0.15, 0.2) is 5.11 Å². The number of halogens is 2. The molecule has 0 aliphatic carbocycles. The van der Waals surface area contributed by atoms with Crippen molar-refractivity contribution in [3.05, 3.63) is 45.7 Å². The third kappa shape index (κ3) is 4.12. The fourth-order valence-electron chi connectivity index (χ4n) is 2.14. The number of nitrogens with one attached hydrogen (secondary N) is 2. The summed E-state index contributed by atoms with van der Waals surface area (Å²) in [6, 6.07) is 5.28. The average Bonchev–Trinajstić information content (AvgIpc) is 2.83. The van der Waals surface area contributed by atoms with Gasteiger partial charge in [0.05, 0.1) is 22.4 Å². The van der Waals surface area contributed by atoms with E-state index in [4.69, 9.17) is 35.4 Å². The number of aromatic nitrogens is 2. The molecule has 0 amide bonds. The van der Waals surface area contributed by atoms with E-state index in [0.717, 1.165) is 23.5 Å². The van der Waals surface area contributed by atoms with Crippen molar-refractivity contribution in [1.29, 1.82) is 0 Å². The second-order valence-corrected chi connectivity index (χ2v) is 6.22. The Balaban J connectivity index is 2.03. The smallest absolute Gasteiger partial charge is 0.171 e. The zero-order valence-corrected chi connectivity index (χ0v) is 15.0. The minimum absolute atomic E-state index is 0.0476. The van der Waals surface area contributed by atoms with Gasteiger partial charge in [-0.3, -0.25) is 4.68 Å². The number of aryl methyl sites for hydroxylation is 2. The Hall–Kier alpha value is -1.30. The van der Waals surface area contributed by atoms with E-state index < -0.39 is 0 Å². The molecule has 2 aromatic rings. The van der Waals surface area contributed by atoms with Crippen LogP contribution in [0.4, 0.5) is 5.69 Å². The van der Waals surface area contributed by atoms with Gasteiger partial charge in [-0.15, -0.1) is 0 Å². The lowest BCUT2D eigenvalue weighted by molar-refractivity contribution is 0.651. The highest BCUT2D eigenvalue weighted by Crippen LogP contribution is 2.25. The van der Waals surface area contributed by atoms with Crippen molar-refractivity contribution in [2.45, 2.75) is 33.4 Å². The molecule has 0 spiro atoms. The third-order valence-electron chi connectivity index (χ3n) is 3.30. The van der Waals surface area contributed by atoms with E-state index in [9.17, 15) is 0 Å². The van der Waals surface area contributed by atoms with Crippen LogP contribution in [-0.2, 0) is 6.54 Å². The highest BCUT2D eigenvalue weighted by molar-refractivity contribution is 7.80. The summed E-state index contributed by atoms with van der Waals surface area (Å²) in [5.74, 6) is 0. The fourth-order valence-corrected chi connectivity index (χ4v) is 2.89. The minimum atomic E-state index is 0.0476. The molecule has 1 heterocycles. The Morgan fingerprint density at radius 1 is 1.41 bits per heavy atom. The van der Waals surface area contributed by atoms with E-state index in [2.05, 4.69) is 22.7 Å². The molecule has 7 heteroatoms. The van der Waals surface area contributed by atoms with E-state index in [1.165, 1.54) is 0 Å². The lowest BCUT2D eigenvalue weighted by Gasteiger charge is -2.17. The summed E-state index contributed by atoms with van der Waals surface area (Å²) in [6.07, 6.45) is 2.03. The fraction of sp³-hybridized carbons (Fsp3) is 0.333. The molecule has 0 radical (unpaired) electrons. The molecule has 0 bridgehead atoms. The molecule has 2 rings (SSSR count). The van der Waals surface area contributed by atoms with Gasteiger partial charge in [0, 0.05) is 23.3 Å². The van der Waals surface area contributed by atoms with Crippen LogP contribution in [0.5, 0.6) is 0 Å². The van der Waals surface area contributed by atoms with Crippen LogP contribution in [0.2, 0.25) is 10.0 Å². The summed E-state index contributed by atoms with van der Waals surface area (Å²) in [5, 5.41) is 12.4. The van der Waals surface area contributed by atoms with Gasteiger partial charge in [-0.25, -0.2) is 0 Å². The largest absolute Gasteiger partial charge is 0.356 e. The lowest BCUT2D eigenvalue weighted by Crippen LogP contribution is -2.31. The molecule has 0 saturated heterocycles. The van der Waals surface area contributed by atoms with Crippen molar-refractivity contribution in [3.8, 4) is 0 Å². The Labute approximate surface area is 145 Å². The molecule has 0 saturated carbocycles. The van der Waals surface area contributed by atoms with Gasteiger partial charge in [-0.2, -0.15) is 5.10 Å². The highest BCUT2D eigenvalue weighted by atomic mass is 35.5. The van der Waals surface area contributed by atoms with Crippen LogP contribution < -0.4 is 10.6 Å². The molecule has 0 aliphatic rings.